The fourth-order valence-electron chi connectivity index (χ4n) is 2.51. The highest BCUT2D eigenvalue weighted by Crippen LogP contribution is 2.34. The first-order chi connectivity index (χ1) is 6.05. The molecule has 6 heteroatoms. The van der Waals surface area contributed by atoms with Crippen molar-refractivity contribution in [2.45, 2.75) is 30.1 Å². The van der Waals surface area contributed by atoms with Crippen LogP contribution < -0.4 is 15.8 Å². The quantitative estimate of drug-likeness (QED) is 0.497. The van der Waals surface area contributed by atoms with Gasteiger partial charge in [0, 0.05) is 18.8 Å². The molecule has 2 aliphatic rings. The third-order valence-corrected chi connectivity index (χ3v) is 4.59. The molecule has 1 saturated carbocycles. The van der Waals surface area contributed by atoms with Crippen molar-refractivity contribution in [2.24, 2.45) is 5.14 Å². The molecule has 0 aromatic heterocycles. The summed E-state index contributed by atoms with van der Waals surface area (Å²) in [5.41, 5.74) is -0.284. The van der Waals surface area contributed by atoms with E-state index < -0.39 is 15.3 Å². The molecule has 0 bridgehead atoms. The third-order valence-electron chi connectivity index (χ3n) is 3.11. The average Bonchev–Trinajstić information content (AvgIpc) is 2.60. The molecule has 5 nitrogen and oxygen atoms in total. The zero-order valence-corrected chi connectivity index (χ0v) is 8.23. The molecule has 1 aliphatic carbocycles. The minimum absolute atomic E-state index is 0.284. The summed E-state index contributed by atoms with van der Waals surface area (Å²) in [6.45, 7) is 1.40. The van der Waals surface area contributed by atoms with E-state index in [0.29, 0.717) is 19.6 Å². The normalized spacial score (nSPS) is 40.2. The summed E-state index contributed by atoms with van der Waals surface area (Å²) in [6, 6.07) is 0. The lowest BCUT2D eigenvalue weighted by molar-refractivity contribution is 0.407. The summed E-state index contributed by atoms with van der Waals surface area (Å²) in [5, 5.41) is 11.1. The molecular formula is C7H15N3O2S. The van der Waals surface area contributed by atoms with Crippen LogP contribution in [0.15, 0.2) is 0 Å². The van der Waals surface area contributed by atoms with Gasteiger partial charge in [0.05, 0.1) is 5.25 Å². The van der Waals surface area contributed by atoms with Gasteiger partial charge in [-0.3, -0.25) is 5.32 Å². The van der Waals surface area contributed by atoms with Gasteiger partial charge in [0.1, 0.15) is 0 Å². The Kier molecular flexibility index (Phi) is 2.10. The average molecular weight is 205 g/mol. The van der Waals surface area contributed by atoms with E-state index in [1.54, 1.807) is 0 Å². The lowest BCUT2D eigenvalue weighted by Gasteiger charge is -2.28. The van der Waals surface area contributed by atoms with Crippen LogP contribution in [0.3, 0.4) is 0 Å². The molecule has 2 rings (SSSR count). The van der Waals surface area contributed by atoms with E-state index in [4.69, 9.17) is 5.14 Å². The van der Waals surface area contributed by atoms with E-state index in [0.717, 1.165) is 12.8 Å². The monoisotopic (exact) mass is 205 g/mol. The Bertz CT molecular complexity index is 289. The highest BCUT2D eigenvalue weighted by Gasteiger charge is 2.49. The molecule has 4 N–H and O–H groups in total. The molecule has 76 valence electrons. The fourth-order valence-corrected chi connectivity index (χ4v) is 3.92. The summed E-state index contributed by atoms with van der Waals surface area (Å²) in [6.07, 6.45) is 2.53. The van der Waals surface area contributed by atoms with Crippen LogP contribution in [0.25, 0.3) is 0 Å². The molecule has 0 amide bonds. The van der Waals surface area contributed by atoms with E-state index in [2.05, 4.69) is 10.6 Å². The summed E-state index contributed by atoms with van der Waals surface area (Å²) in [4.78, 5) is 0. The predicted octanol–water partition coefficient (Wildman–Crippen LogP) is -1.28. The fraction of sp³-hybridized carbons (Fsp3) is 1.00. The van der Waals surface area contributed by atoms with E-state index >= 15 is 0 Å². The Morgan fingerprint density at radius 3 is 2.77 bits per heavy atom. The largest absolute Gasteiger partial charge is 0.303 e. The lowest BCUT2D eigenvalue weighted by atomic mass is 9.99. The van der Waals surface area contributed by atoms with Gasteiger partial charge in [0.25, 0.3) is 0 Å². The maximum atomic E-state index is 11.3. The van der Waals surface area contributed by atoms with Crippen molar-refractivity contribution < 1.29 is 8.42 Å². The predicted molar refractivity (Wildman–Crippen MR) is 49.5 cm³/mol. The first-order valence-electron chi connectivity index (χ1n) is 4.52. The molecule has 1 heterocycles. The van der Waals surface area contributed by atoms with Gasteiger partial charge < -0.3 is 5.32 Å². The second-order valence-corrected chi connectivity index (χ2v) is 5.65. The highest BCUT2D eigenvalue weighted by atomic mass is 32.2. The van der Waals surface area contributed by atoms with Gasteiger partial charge in [-0.2, -0.15) is 0 Å². The van der Waals surface area contributed by atoms with Gasteiger partial charge in [0.2, 0.25) is 10.0 Å². The number of nitrogens with two attached hydrogens (primary N) is 1. The van der Waals surface area contributed by atoms with Gasteiger partial charge in [0.15, 0.2) is 0 Å². The minimum Gasteiger partial charge on any atom is -0.303 e. The van der Waals surface area contributed by atoms with Crippen molar-refractivity contribution >= 4 is 10.0 Å². The third kappa shape index (κ3) is 1.48. The molecular weight excluding hydrogens is 190 g/mol. The van der Waals surface area contributed by atoms with Gasteiger partial charge in [-0.05, 0) is 12.8 Å². The maximum absolute atomic E-state index is 11.3. The molecule has 1 aliphatic heterocycles. The Morgan fingerprint density at radius 1 is 1.46 bits per heavy atom. The molecule has 1 saturated heterocycles. The molecule has 1 spiro atoms. The summed E-state index contributed by atoms with van der Waals surface area (Å²) in [7, 11) is -3.40. The number of hydrogen-bond donors (Lipinski definition) is 3. The minimum atomic E-state index is -3.40. The zero-order chi connectivity index (χ0) is 9.53. The topological polar surface area (TPSA) is 84.2 Å². The second kappa shape index (κ2) is 2.91. The van der Waals surface area contributed by atoms with Crippen LogP contribution >= 0.6 is 0 Å². The molecule has 13 heavy (non-hydrogen) atoms. The van der Waals surface area contributed by atoms with E-state index in [9.17, 15) is 8.42 Å². The van der Waals surface area contributed by atoms with Gasteiger partial charge >= 0.3 is 0 Å². The first-order valence-corrected chi connectivity index (χ1v) is 6.13. The van der Waals surface area contributed by atoms with Crippen molar-refractivity contribution in [3.8, 4) is 0 Å². The number of nitrogens with one attached hydrogen (secondary N) is 2. The lowest BCUT2D eigenvalue weighted by Crippen LogP contribution is -2.54. The standard InChI is InChI=1S/C7H15N3O2S/c8-13(11,12)6-2-1-3-7(6)4-9-5-10-7/h6,9-10H,1-5H2,(H2,8,11,12). The van der Waals surface area contributed by atoms with Crippen molar-refractivity contribution in [1.29, 1.82) is 0 Å². The molecule has 0 radical (unpaired) electrons. The van der Waals surface area contributed by atoms with Gasteiger partial charge in [-0.25, -0.2) is 13.6 Å². The number of primary sulfonamides is 1. The van der Waals surface area contributed by atoms with Crippen LogP contribution in [0.5, 0.6) is 0 Å². The van der Waals surface area contributed by atoms with Crippen molar-refractivity contribution in [1.82, 2.24) is 10.6 Å². The summed E-state index contributed by atoms with van der Waals surface area (Å²) >= 11 is 0. The van der Waals surface area contributed by atoms with Crippen LogP contribution in [-0.2, 0) is 10.0 Å². The van der Waals surface area contributed by atoms with Crippen molar-refractivity contribution in [3.63, 3.8) is 0 Å². The van der Waals surface area contributed by atoms with Gasteiger partial charge in [-0.15, -0.1) is 0 Å². The van der Waals surface area contributed by atoms with Crippen LogP contribution in [0.2, 0.25) is 0 Å². The van der Waals surface area contributed by atoms with E-state index in [1.807, 2.05) is 0 Å². The Morgan fingerprint density at radius 2 is 2.23 bits per heavy atom. The van der Waals surface area contributed by atoms with Crippen molar-refractivity contribution in [3.05, 3.63) is 0 Å². The Hall–Kier alpha value is -0.170. The molecule has 0 aromatic rings. The molecule has 0 aromatic carbocycles. The highest BCUT2D eigenvalue weighted by molar-refractivity contribution is 7.89. The van der Waals surface area contributed by atoms with Crippen LogP contribution in [0.4, 0.5) is 0 Å². The van der Waals surface area contributed by atoms with Crippen LogP contribution in [-0.4, -0.2) is 32.4 Å². The number of sulfonamides is 1. The van der Waals surface area contributed by atoms with E-state index in [-0.39, 0.29) is 5.54 Å². The van der Waals surface area contributed by atoms with Crippen LogP contribution in [0, 0.1) is 0 Å². The van der Waals surface area contributed by atoms with E-state index in [1.165, 1.54) is 0 Å². The second-order valence-electron chi connectivity index (χ2n) is 3.91. The Labute approximate surface area is 78.1 Å². The smallest absolute Gasteiger partial charge is 0.213 e. The zero-order valence-electron chi connectivity index (χ0n) is 7.41. The first kappa shape index (κ1) is 9.39. The SMILES string of the molecule is NS(=O)(=O)C1CCCC12CNCN2. The molecule has 2 atom stereocenters. The van der Waals surface area contributed by atoms with Gasteiger partial charge in [-0.1, -0.05) is 6.42 Å². The number of rotatable bonds is 1. The summed E-state index contributed by atoms with van der Waals surface area (Å²) in [5.74, 6) is 0. The maximum Gasteiger partial charge on any atom is 0.213 e. The summed E-state index contributed by atoms with van der Waals surface area (Å²) < 4.78 is 22.6. The number of hydrogen-bond acceptors (Lipinski definition) is 4. The Balaban J connectivity index is 2.28. The molecule has 2 unspecified atom stereocenters. The molecule has 2 fully saturated rings. The van der Waals surface area contributed by atoms with Crippen molar-refractivity contribution in [2.75, 3.05) is 13.2 Å². The van der Waals surface area contributed by atoms with Crippen LogP contribution in [0.1, 0.15) is 19.3 Å².